The number of likely N-dealkylation sites (tertiary alicyclic amines) is 1. The normalized spacial score (nSPS) is 16.0. The molecule has 0 unspecified atom stereocenters. The SMILES string of the molecule is CC(C)Cc1cc(C(=O)NCCN2CCC(c3ccccc3)CC2)n(C)n1. The second-order valence-electron chi connectivity index (χ2n) is 8.02. The number of aryl methyl sites for hydroxylation is 1. The maximum atomic E-state index is 12.5. The third-order valence-electron chi connectivity index (χ3n) is 5.35. The van der Waals surface area contributed by atoms with E-state index in [1.54, 1.807) is 4.68 Å². The Morgan fingerprint density at radius 3 is 2.59 bits per heavy atom. The molecule has 1 N–H and O–H groups in total. The molecule has 0 bridgehead atoms. The highest BCUT2D eigenvalue weighted by molar-refractivity contribution is 5.92. The van der Waals surface area contributed by atoms with Crippen molar-refractivity contribution in [2.75, 3.05) is 26.2 Å². The van der Waals surface area contributed by atoms with Crippen molar-refractivity contribution < 1.29 is 4.79 Å². The zero-order chi connectivity index (χ0) is 19.2. The number of hydrogen-bond donors (Lipinski definition) is 1. The van der Waals surface area contributed by atoms with Gasteiger partial charge in [-0.1, -0.05) is 44.2 Å². The van der Waals surface area contributed by atoms with E-state index in [-0.39, 0.29) is 5.91 Å². The van der Waals surface area contributed by atoms with Crippen molar-refractivity contribution in [3.63, 3.8) is 0 Å². The Morgan fingerprint density at radius 1 is 1.22 bits per heavy atom. The van der Waals surface area contributed by atoms with Gasteiger partial charge in [-0.05, 0) is 55.8 Å². The summed E-state index contributed by atoms with van der Waals surface area (Å²) in [6.07, 6.45) is 3.29. The Morgan fingerprint density at radius 2 is 1.93 bits per heavy atom. The van der Waals surface area contributed by atoms with Gasteiger partial charge in [0.15, 0.2) is 0 Å². The Labute approximate surface area is 162 Å². The van der Waals surface area contributed by atoms with Crippen LogP contribution in [0.15, 0.2) is 36.4 Å². The van der Waals surface area contributed by atoms with Crippen molar-refractivity contribution in [2.45, 2.75) is 39.0 Å². The molecule has 1 amide bonds. The Balaban J connectivity index is 1.41. The van der Waals surface area contributed by atoms with E-state index >= 15 is 0 Å². The average Bonchev–Trinajstić information content (AvgIpc) is 3.02. The predicted molar refractivity (Wildman–Crippen MR) is 109 cm³/mol. The van der Waals surface area contributed by atoms with Crippen LogP contribution >= 0.6 is 0 Å². The molecular weight excluding hydrogens is 336 g/mol. The monoisotopic (exact) mass is 368 g/mol. The third kappa shape index (κ3) is 5.42. The zero-order valence-electron chi connectivity index (χ0n) is 16.8. The highest BCUT2D eigenvalue weighted by atomic mass is 16.2. The first-order valence-electron chi connectivity index (χ1n) is 10.1. The van der Waals surface area contributed by atoms with Gasteiger partial charge in [0.05, 0.1) is 5.69 Å². The van der Waals surface area contributed by atoms with E-state index in [4.69, 9.17) is 0 Å². The minimum absolute atomic E-state index is 0.0285. The Hall–Kier alpha value is -2.14. The van der Waals surface area contributed by atoms with Crippen LogP contribution < -0.4 is 5.32 Å². The van der Waals surface area contributed by atoms with Crippen molar-refractivity contribution in [1.82, 2.24) is 20.0 Å². The number of carbonyl (C=O) groups is 1. The van der Waals surface area contributed by atoms with Crippen LogP contribution in [0.4, 0.5) is 0 Å². The topological polar surface area (TPSA) is 50.2 Å². The van der Waals surface area contributed by atoms with Crippen LogP contribution in [0.1, 0.15) is 54.4 Å². The first kappa shape index (κ1) is 19.6. The summed E-state index contributed by atoms with van der Waals surface area (Å²) in [5.41, 5.74) is 3.09. The van der Waals surface area contributed by atoms with Crippen LogP contribution in [0.3, 0.4) is 0 Å². The Kier molecular flexibility index (Phi) is 6.67. The molecule has 5 nitrogen and oxygen atoms in total. The molecule has 146 valence electrons. The molecule has 0 atom stereocenters. The Bertz CT molecular complexity index is 730. The lowest BCUT2D eigenvalue weighted by Crippen LogP contribution is -2.39. The van der Waals surface area contributed by atoms with E-state index in [1.165, 1.54) is 18.4 Å². The first-order chi connectivity index (χ1) is 13.0. The minimum atomic E-state index is -0.0285. The second kappa shape index (κ2) is 9.18. The average molecular weight is 369 g/mol. The van der Waals surface area contributed by atoms with Gasteiger partial charge >= 0.3 is 0 Å². The maximum Gasteiger partial charge on any atom is 0.269 e. The van der Waals surface area contributed by atoms with Gasteiger partial charge in [-0.3, -0.25) is 9.48 Å². The van der Waals surface area contributed by atoms with Crippen molar-refractivity contribution in [3.05, 3.63) is 53.3 Å². The summed E-state index contributed by atoms with van der Waals surface area (Å²) < 4.78 is 1.69. The predicted octanol–water partition coefficient (Wildman–Crippen LogP) is 3.23. The molecule has 0 radical (unpaired) electrons. The summed E-state index contributed by atoms with van der Waals surface area (Å²) in [4.78, 5) is 14.9. The fraction of sp³-hybridized carbons (Fsp3) is 0.545. The smallest absolute Gasteiger partial charge is 0.269 e. The molecule has 1 aromatic carbocycles. The third-order valence-corrected chi connectivity index (χ3v) is 5.35. The quantitative estimate of drug-likeness (QED) is 0.816. The van der Waals surface area contributed by atoms with E-state index in [0.717, 1.165) is 31.7 Å². The van der Waals surface area contributed by atoms with Gasteiger partial charge in [-0.25, -0.2) is 0 Å². The van der Waals surface area contributed by atoms with Crippen molar-refractivity contribution in [2.24, 2.45) is 13.0 Å². The molecule has 0 spiro atoms. The number of hydrogen-bond acceptors (Lipinski definition) is 3. The molecule has 2 aromatic rings. The summed E-state index contributed by atoms with van der Waals surface area (Å²) in [5.74, 6) is 1.18. The number of aromatic nitrogens is 2. The van der Waals surface area contributed by atoms with E-state index in [9.17, 15) is 4.79 Å². The van der Waals surface area contributed by atoms with Gasteiger partial charge < -0.3 is 10.2 Å². The molecule has 0 saturated carbocycles. The fourth-order valence-corrected chi connectivity index (χ4v) is 3.89. The molecule has 27 heavy (non-hydrogen) atoms. The van der Waals surface area contributed by atoms with Crippen molar-refractivity contribution in [1.29, 1.82) is 0 Å². The summed E-state index contributed by atoms with van der Waals surface area (Å²) in [5, 5.41) is 7.51. The number of piperidine rings is 1. The maximum absolute atomic E-state index is 12.5. The standard InChI is InChI=1S/C22H32N4O/c1-17(2)15-20-16-21(25(3)24-20)22(27)23-11-14-26-12-9-19(10-13-26)18-7-5-4-6-8-18/h4-8,16-17,19H,9-15H2,1-3H3,(H,23,27). The van der Waals surface area contributed by atoms with Crippen LogP contribution in [0, 0.1) is 5.92 Å². The lowest BCUT2D eigenvalue weighted by atomic mass is 9.89. The highest BCUT2D eigenvalue weighted by Crippen LogP contribution is 2.27. The van der Waals surface area contributed by atoms with Crippen LogP contribution in [0.5, 0.6) is 0 Å². The van der Waals surface area contributed by atoms with Crippen LogP contribution in [0.2, 0.25) is 0 Å². The summed E-state index contributed by atoms with van der Waals surface area (Å²) in [6, 6.07) is 12.7. The molecule has 2 heterocycles. The molecule has 5 heteroatoms. The molecule has 1 aromatic heterocycles. The largest absolute Gasteiger partial charge is 0.349 e. The van der Waals surface area contributed by atoms with E-state index < -0.39 is 0 Å². The molecule has 3 rings (SSSR count). The molecule has 1 aliphatic heterocycles. The van der Waals surface area contributed by atoms with Crippen molar-refractivity contribution >= 4 is 5.91 Å². The molecule has 1 saturated heterocycles. The van der Waals surface area contributed by atoms with Gasteiger partial charge in [0.2, 0.25) is 0 Å². The van der Waals surface area contributed by atoms with Crippen LogP contribution in [0.25, 0.3) is 0 Å². The number of rotatable bonds is 7. The van der Waals surface area contributed by atoms with Crippen molar-refractivity contribution in [3.8, 4) is 0 Å². The number of nitrogens with zero attached hydrogens (tertiary/aromatic N) is 3. The van der Waals surface area contributed by atoms with Crippen LogP contribution in [-0.2, 0) is 13.5 Å². The number of amides is 1. The summed E-state index contributed by atoms with van der Waals surface area (Å²) in [7, 11) is 1.84. The fourth-order valence-electron chi connectivity index (χ4n) is 3.89. The minimum Gasteiger partial charge on any atom is -0.349 e. The van der Waals surface area contributed by atoms with Gasteiger partial charge in [0.25, 0.3) is 5.91 Å². The zero-order valence-corrected chi connectivity index (χ0v) is 16.8. The van der Waals surface area contributed by atoms with E-state index in [0.29, 0.717) is 24.1 Å². The van der Waals surface area contributed by atoms with Gasteiger partial charge in [-0.2, -0.15) is 5.10 Å². The second-order valence-corrected chi connectivity index (χ2v) is 8.02. The molecule has 1 fully saturated rings. The lowest BCUT2D eigenvalue weighted by molar-refractivity contribution is 0.0936. The molecule has 1 aliphatic rings. The van der Waals surface area contributed by atoms with Crippen LogP contribution in [-0.4, -0.2) is 46.8 Å². The van der Waals surface area contributed by atoms with E-state index in [1.807, 2.05) is 13.1 Å². The molecular formula is C22H32N4O. The number of carbonyl (C=O) groups excluding carboxylic acids is 1. The number of nitrogens with one attached hydrogen (secondary N) is 1. The number of benzene rings is 1. The van der Waals surface area contributed by atoms with Gasteiger partial charge in [0, 0.05) is 20.1 Å². The summed E-state index contributed by atoms with van der Waals surface area (Å²) in [6.45, 7) is 8.10. The van der Waals surface area contributed by atoms with Gasteiger partial charge in [0.1, 0.15) is 5.69 Å². The van der Waals surface area contributed by atoms with E-state index in [2.05, 4.69) is 59.5 Å². The lowest BCUT2D eigenvalue weighted by Gasteiger charge is -2.32. The highest BCUT2D eigenvalue weighted by Gasteiger charge is 2.20. The summed E-state index contributed by atoms with van der Waals surface area (Å²) >= 11 is 0. The van der Waals surface area contributed by atoms with Gasteiger partial charge in [-0.15, -0.1) is 0 Å². The molecule has 0 aliphatic carbocycles. The first-order valence-corrected chi connectivity index (χ1v) is 10.1.